The van der Waals surface area contributed by atoms with Crippen LogP contribution in [0.5, 0.6) is 0 Å². The molecule has 1 saturated heterocycles. The number of likely N-dealkylation sites (tertiary alicyclic amines) is 1. The molecule has 1 aliphatic rings. The normalized spacial score (nSPS) is 18.5. The largest absolute Gasteiger partial charge is 0.433 e. The molecular weight excluding hydrogens is 312 g/mol. The van der Waals surface area contributed by atoms with E-state index in [1.165, 1.54) is 12.1 Å². The third-order valence-corrected chi connectivity index (χ3v) is 4.30. The number of furan rings is 1. The summed E-state index contributed by atoms with van der Waals surface area (Å²) in [5, 5.41) is 21.1. The van der Waals surface area contributed by atoms with E-state index < -0.39 is 16.9 Å². The highest BCUT2D eigenvalue weighted by Crippen LogP contribution is 2.29. The summed E-state index contributed by atoms with van der Waals surface area (Å²) in [4.78, 5) is 24.2. The van der Waals surface area contributed by atoms with Gasteiger partial charge < -0.3 is 14.4 Å². The lowest BCUT2D eigenvalue weighted by atomic mass is 10.0. The Morgan fingerprint density at radius 3 is 2.75 bits per heavy atom. The fraction of sp³-hybridized carbons (Fsp3) is 0.353. The number of carbonyl (C=O) groups is 1. The molecule has 0 radical (unpaired) electrons. The van der Waals surface area contributed by atoms with Crippen LogP contribution in [0.4, 0.5) is 5.88 Å². The van der Waals surface area contributed by atoms with Crippen molar-refractivity contribution in [2.45, 2.75) is 31.4 Å². The van der Waals surface area contributed by atoms with Gasteiger partial charge in [0, 0.05) is 12.6 Å². The smallest absolute Gasteiger partial charge is 0.395 e. The second kappa shape index (κ2) is 6.84. The van der Waals surface area contributed by atoms with E-state index in [0.29, 0.717) is 13.0 Å². The fourth-order valence-corrected chi connectivity index (χ4v) is 3.10. The number of rotatable bonds is 5. The topological polar surface area (TPSA) is 96.8 Å². The highest BCUT2D eigenvalue weighted by atomic mass is 16.6. The van der Waals surface area contributed by atoms with Gasteiger partial charge in [-0.25, -0.2) is 0 Å². The van der Waals surface area contributed by atoms with E-state index in [1.807, 2.05) is 30.3 Å². The van der Waals surface area contributed by atoms with E-state index in [2.05, 4.69) is 0 Å². The lowest BCUT2D eigenvalue weighted by Gasteiger charge is -2.26. The number of nitrogens with zero attached hydrogens (tertiary/aromatic N) is 2. The molecule has 7 heteroatoms. The number of carbonyl (C=O) groups excluding carboxylic acids is 1. The lowest BCUT2D eigenvalue weighted by Crippen LogP contribution is -2.36. The van der Waals surface area contributed by atoms with Gasteiger partial charge in [0.2, 0.25) is 0 Å². The predicted octanol–water partition coefficient (Wildman–Crippen LogP) is 2.92. The molecule has 0 spiro atoms. The molecule has 1 amide bonds. The molecule has 2 heterocycles. The van der Waals surface area contributed by atoms with Crippen molar-refractivity contribution >= 4 is 11.8 Å². The Morgan fingerprint density at radius 2 is 2.08 bits per heavy atom. The first-order chi connectivity index (χ1) is 11.6. The Bertz CT molecular complexity index is 728. The molecule has 3 rings (SSSR count). The maximum atomic E-state index is 12.5. The van der Waals surface area contributed by atoms with Crippen LogP contribution >= 0.6 is 0 Å². The second-order valence-corrected chi connectivity index (χ2v) is 5.85. The van der Waals surface area contributed by atoms with Crippen LogP contribution in [-0.2, 0) is 0 Å². The third kappa shape index (κ3) is 3.30. The van der Waals surface area contributed by atoms with Crippen LogP contribution in [0.3, 0.4) is 0 Å². The van der Waals surface area contributed by atoms with Gasteiger partial charge in [-0.2, -0.15) is 0 Å². The van der Waals surface area contributed by atoms with Gasteiger partial charge in [-0.15, -0.1) is 0 Å². The summed E-state index contributed by atoms with van der Waals surface area (Å²) >= 11 is 0. The van der Waals surface area contributed by atoms with Crippen molar-refractivity contribution in [3.63, 3.8) is 0 Å². The van der Waals surface area contributed by atoms with Crippen LogP contribution in [0.25, 0.3) is 0 Å². The number of benzene rings is 1. The molecule has 0 unspecified atom stereocenters. The van der Waals surface area contributed by atoms with Gasteiger partial charge in [0.1, 0.15) is 4.92 Å². The zero-order valence-corrected chi connectivity index (χ0v) is 13.0. The summed E-state index contributed by atoms with van der Waals surface area (Å²) in [6, 6.07) is 11.7. The Labute approximate surface area is 138 Å². The molecule has 0 aliphatic carbocycles. The molecule has 7 nitrogen and oxygen atoms in total. The van der Waals surface area contributed by atoms with Crippen molar-refractivity contribution in [1.29, 1.82) is 0 Å². The molecule has 1 aliphatic heterocycles. The summed E-state index contributed by atoms with van der Waals surface area (Å²) in [6.07, 6.45) is 1.40. The number of hydrogen-bond acceptors (Lipinski definition) is 5. The van der Waals surface area contributed by atoms with Crippen molar-refractivity contribution < 1.29 is 19.2 Å². The predicted molar refractivity (Wildman–Crippen MR) is 85.4 cm³/mol. The summed E-state index contributed by atoms with van der Waals surface area (Å²) in [5.74, 6) is -0.855. The van der Waals surface area contributed by atoms with Gasteiger partial charge in [0.15, 0.2) is 5.76 Å². The fourth-order valence-electron chi connectivity index (χ4n) is 3.10. The van der Waals surface area contributed by atoms with Gasteiger partial charge >= 0.3 is 5.88 Å². The number of hydrogen-bond donors (Lipinski definition) is 1. The van der Waals surface area contributed by atoms with E-state index in [4.69, 9.17) is 4.42 Å². The average molecular weight is 330 g/mol. The molecular formula is C17H18N2O5. The number of aliphatic hydroxyl groups is 1. The Kier molecular flexibility index (Phi) is 4.61. The molecule has 126 valence electrons. The number of amides is 1. The van der Waals surface area contributed by atoms with Crippen molar-refractivity contribution in [2.24, 2.45) is 0 Å². The van der Waals surface area contributed by atoms with Crippen LogP contribution in [0.1, 0.15) is 41.5 Å². The van der Waals surface area contributed by atoms with Crippen molar-refractivity contribution in [3.05, 3.63) is 63.9 Å². The molecule has 24 heavy (non-hydrogen) atoms. The van der Waals surface area contributed by atoms with Crippen LogP contribution in [0, 0.1) is 10.1 Å². The van der Waals surface area contributed by atoms with Crippen LogP contribution in [0.15, 0.2) is 46.9 Å². The third-order valence-electron chi connectivity index (χ3n) is 4.30. The highest BCUT2D eigenvalue weighted by Gasteiger charge is 2.33. The van der Waals surface area contributed by atoms with Gasteiger partial charge in [-0.1, -0.05) is 30.3 Å². The number of nitro groups is 1. The molecule has 1 N–H and O–H groups in total. The number of aliphatic hydroxyl groups excluding tert-OH is 1. The van der Waals surface area contributed by atoms with Crippen molar-refractivity contribution in [1.82, 2.24) is 4.90 Å². The van der Waals surface area contributed by atoms with E-state index in [0.717, 1.165) is 18.4 Å². The minimum Gasteiger partial charge on any atom is -0.395 e. The SMILES string of the molecule is O=C(c1ccc([N+](=O)[O-])o1)N1CCC[C@@H]1C[C@@H](O)c1ccccc1. The first-order valence-corrected chi connectivity index (χ1v) is 7.84. The summed E-state index contributed by atoms with van der Waals surface area (Å²) in [7, 11) is 0. The molecule has 0 bridgehead atoms. The zero-order valence-electron chi connectivity index (χ0n) is 13.0. The van der Waals surface area contributed by atoms with Crippen molar-refractivity contribution in [2.75, 3.05) is 6.54 Å². The Morgan fingerprint density at radius 1 is 1.33 bits per heavy atom. The van der Waals surface area contributed by atoms with Crippen LogP contribution < -0.4 is 0 Å². The Balaban J connectivity index is 1.70. The second-order valence-electron chi connectivity index (χ2n) is 5.85. The summed E-state index contributed by atoms with van der Waals surface area (Å²) in [6.45, 7) is 0.555. The average Bonchev–Trinajstić information content (AvgIpc) is 3.24. The minimum atomic E-state index is -0.669. The standard InChI is InChI=1S/C17H18N2O5/c20-14(12-5-2-1-3-6-12)11-13-7-4-10-18(13)17(21)15-8-9-16(24-15)19(22)23/h1-3,5-6,8-9,13-14,20H,4,7,10-11H2/t13-,14-/m1/s1. The monoisotopic (exact) mass is 330 g/mol. The van der Waals surface area contributed by atoms with Crippen LogP contribution in [0.2, 0.25) is 0 Å². The van der Waals surface area contributed by atoms with Gasteiger partial charge in [-0.3, -0.25) is 14.9 Å². The van der Waals surface area contributed by atoms with Crippen molar-refractivity contribution in [3.8, 4) is 0 Å². The van der Waals surface area contributed by atoms with E-state index in [9.17, 15) is 20.0 Å². The summed E-state index contributed by atoms with van der Waals surface area (Å²) in [5.41, 5.74) is 0.811. The minimum absolute atomic E-state index is 0.0391. The quantitative estimate of drug-likeness (QED) is 0.671. The van der Waals surface area contributed by atoms with E-state index >= 15 is 0 Å². The molecule has 2 atom stereocenters. The molecule has 1 aromatic heterocycles. The molecule has 1 aromatic carbocycles. The van der Waals surface area contributed by atoms with Gasteiger partial charge in [-0.05, 0) is 30.9 Å². The van der Waals surface area contributed by atoms with Gasteiger partial charge in [0.05, 0.1) is 12.2 Å². The maximum Gasteiger partial charge on any atom is 0.433 e. The summed E-state index contributed by atoms with van der Waals surface area (Å²) < 4.78 is 5.00. The first kappa shape index (κ1) is 16.2. The van der Waals surface area contributed by atoms with E-state index in [1.54, 1.807) is 4.90 Å². The Hall–Kier alpha value is -2.67. The van der Waals surface area contributed by atoms with Crippen LogP contribution in [-0.4, -0.2) is 33.4 Å². The van der Waals surface area contributed by atoms with E-state index in [-0.39, 0.29) is 17.7 Å². The van der Waals surface area contributed by atoms with Gasteiger partial charge in [0.25, 0.3) is 5.91 Å². The first-order valence-electron chi connectivity index (χ1n) is 7.84. The molecule has 1 fully saturated rings. The molecule has 0 saturated carbocycles. The zero-order chi connectivity index (χ0) is 17.1. The maximum absolute atomic E-state index is 12.5. The lowest BCUT2D eigenvalue weighted by molar-refractivity contribution is -0.402. The highest BCUT2D eigenvalue weighted by molar-refractivity contribution is 5.92. The molecule has 2 aromatic rings.